The van der Waals surface area contributed by atoms with Gasteiger partial charge in [-0.2, -0.15) is 0 Å². The van der Waals surface area contributed by atoms with Crippen LogP contribution >= 0.6 is 11.6 Å². The van der Waals surface area contributed by atoms with E-state index in [4.69, 9.17) is 17.3 Å². The molecule has 6 heteroatoms. The lowest BCUT2D eigenvalue weighted by molar-refractivity contribution is 0.255. The highest BCUT2D eigenvalue weighted by Gasteiger charge is 2.16. The van der Waals surface area contributed by atoms with Crippen LogP contribution in [0.25, 0.3) is 0 Å². The number of piperazine rings is 1. The van der Waals surface area contributed by atoms with E-state index in [0.717, 1.165) is 63.7 Å². The maximum absolute atomic E-state index is 6.07. The van der Waals surface area contributed by atoms with Crippen LogP contribution < -0.4 is 16.0 Å². The molecule has 5 nitrogen and oxygen atoms in total. The SMILES string of the molecule is CCCN=C(N)NCCCN1CCN(c2cccc(Cl)c2)CC1. The second-order valence-corrected chi connectivity index (χ2v) is 6.29. The molecule has 1 aromatic rings. The molecule has 0 unspecified atom stereocenters. The molecule has 0 spiro atoms. The zero-order valence-electron chi connectivity index (χ0n) is 14.0. The fourth-order valence-corrected chi connectivity index (χ4v) is 2.89. The molecule has 2 rings (SSSR count). The summed E-state index contributed by atoms with van der Waals surface area (Å²) in [6, 6.07) is 8.10. The monoisotopic (exact) mass is 337 g/mol. The zero-order valence-corrected chi connectivity index (χ0v) is 14.7. The summed E-state index contributed by atoms with van der Waals surface area (Å²) in [4.78, 5) is 9.13. The minimum atomic E-state index is 0.567. The van der Waals surface area contributed by atoms with Crippen molar-refractivity contribution >= 4 is 23.2 Å². The van der Waals surface area contributed by atoms with E-state index in [9.17, 15) is 0 Å². The molecule has 0 radical (unpaired) electrons. The Morgan fingerprint density at radius 2 is 2.09 bits per heavy atom. The zero-order chi connectivity index (χ0) is 16.5. The number of hydrogen-bond donors (Lipinski definition) is 2. The first-order chi connectivity index (χ1) is 11.2. The first-order valence-corrected chi connectivity index (χ1v) is 8.83. The van der Waals surface area contributed by atoms with Crippen LogP contribution in [0.2, 0.25) is 5.02 Å². The number of nitrogens with one attached hydrogen (secondary N) is 1. The molecule has 1 aliphatic rings. The molecular formula is C17H28ClN5. The number of anilines is 1. The smallest absolute Gasteiger partial charge is 0.188 e. The number of nitrogens with two attached hydrogens (primary N) is 1. The van der Waals surface area contributed by atoms with Crippen molar-refractivity contribution in [1.82, 2.24) is 10.2 Å². The summed E-state index contributed by atoms with van der Waals surface area (Å²) in [6.45, 7) is 9.15. The van der Waals surface area contributed by atoms with Crippen molar-refractivity contribution in [1.29, 1.82) is 0 Å². The molecule has 128 valence electrons. The van der Waals surface area contributed by atoms with Crippen molar-refractivity contribution in [2.75, 3.05) is 50.7 Å². The third-order valence-corrected chi connectivity index (χ3v) is 4.24. The van der Waals surface area contributed by atoms with E-state index in [0.29, 0.717) is 5.96 Å². The van der Waals surface area contributed by atoms with E-state index in [2.05, 4.69) is 33.1 Å². The van der Waals surface area contributed by atoms with Gasteiger partial charge in [0.15, 0.2) is 5.96 Å². The third kappa shape index (κ3) is 6.28. The topological polar surface area (TPSA) is 56.9 Å². The predicted octanol–water partition coefficient (Wildman–Crippen LogP) is 2.17. The molecule has 0 bridgehead atoms. The molecule has 0 amide bonds. The molecule has 0 aliphatic carbocycles. The number of guanidine groups is 1. The lowest BCUT2D eigenvalue weighted by Crippen LogP contribution is -2.47. The summed E-state index contributed by atoms with van der Waals surface area (Å²) < 4.78 is 0. The summed E-state index contributed by atoms with van der Waals surface area (Å²) in [6.07, 6.45) is 2.11. The Kier molecular flexibility index (Phi) is 7.49. The number of hydrogen-bond acceptors (Lipinski definition) is 3. The molecule has 3 N–H and O–H groups in total. The first kappa shape index (κ1) is 17.9. The average Bonchev–Trinajstić information content (AvgIpc) is 2.57. The van der Waals surface area contributed by atoms with Crippen LogP contribution in [0.1, 0.15) is 19.8 Å². The van der Waals surface area contributed by atoms with E-state index >= 15 is 0 Å². The Labute approximate surface area is 144 Å². The molecule has 1 aromatic carbocycles. The third-order valence-electron chi connectivity index (χ3n) is 4.01. The number of halogens is 1. The molecule has 1 fully saturated rings. The summed E-state index contributed by atoms with van der Waals surface area (Å²) in [5.41, 5.74) is 7.00. The van der Waals surface area contributed by atoms with Gasteiger partial charge in [-0.15, -0.1) is 0 Å². The lowest BCUT2D eigenvalue weighted by Gasteiger charge is -2.36. The van der Waals surface area contributed by atoms with Crippen molar-refractivity contribution in [2.24, 2.45) is 10.7 Å². The highest BCUT2D eigenvalue weighted by atomic mass is 35.5. The number of aliphatic imine (C=N–C) groups is 1. The van der Waals surface area contributed by atoms with Crippen molar-refractivity contribution in [3.63, 3.8) is 0 Å². The summed E-state index contributed by atoms with van der Waals surface area (Å²) in [5, 5.41) is 3.98. The van der Waals surface area contributed by atoms with Gasteiger partial charge in [-0.25, -0.2) is 0 Å². The second kappa shape index (κ2) is 9.63. The largest absolute Gasteiger partial charge is 0.370 e. The average molecular weight is 338 g/mol. The standard InChI is InChI=1S/C17H28ClN5/c1-2-7-20-17(19)21-8-4-9-22-10-12-23(13-11-22)16-6-3-5-15(18)14-16/h3,5-6,14H,2,4,7-13H2,1H3,(H3,19,20,21). The van der Waals surface area contributed by atoms with E-state index in [-0.39, 0.29) is 0 Å². The molecule has 1 saturated heterocycles. The van der Waals surface area contributed by atoms with Gasteiger partial charge in [0.25, 0.3) is 0 Å². The molecule has 0 saturated carbocycles. The summed E-state index contributed by atoms with van der Waals surface area (Å²) >= 11 is 6.07. The summed E-state index contributed by atoms with van der Waals surface area (Å²) in [7, 11) is 0. The van der Waals surface area contributed by atoms with Crippen molar-refractivity contribution in [3.8, 4) is 0 Å². The minimum absolute atomic E-state index is 0.567. The Bertz CT molecular complexity index is 498. The Morgan fingerprint density at radius 3 is 2.78 bits per heavy atom. The van der Waals surface area contributed by atoms with Gasteiger partial charge in [-0.1, -0.05) is 24.6 Å². The Hall–Kier alpha value is -1.46. The van der Waals surface area contributed by atoms with E-state index in [1.54, 1.807) is 0 Å². The highest BCUT2D eigenvalue weighted by Crippen LogP contribution is 2.20. The molecule has 0 aromatic heterocycles. The van der Waals surface area contributed by atoms with Crippen LogP contribution in [0, 0.1) is 0 Å². The minimum Gasteiger partial charge on any atom is -0.370 e. The van der Waals surface area contributed by atoms with Crippen LogP contribution in [0.3, 0.4) is 0 Å². The van der Waals surface area contributed by atoms with Crippen molar-refractivity contribution in [2.45, 2.75) is 19.8 Å². The van der Waals surface area contributed by atoms with Crippen LogP contribution in [0.5, 0.6) is 0 Å². The van der Waals surface area contributed by atoms with Crippen LogP contribution in [-0.2, 0) is 0 Å². The van der Waals surface area contributed by atoms with Gasteiger partial charge in [0.05, 0.1) is 0 Å². The van der Waals surface area contributed by atoms with Crippen molar-refractivity contribution < 1.29 is 0 Å². The van der Waals surface area contributed by atoms with Crippen molar-refractivity contribution in [3.05, 3.63) is 29.3 Å². The Balaban J connectivity index is 1.63. The fourth-order valence-electron chi connectivity index (χ4n) is 2.71. The van der Waals surface area contributed by atoms with Crippen LogP contribution in [0.15, 0.2) is 29.3 Å². The van der Waals surface area contributed by atoms with E-state index in [1.165, 1.54) is 5.69 Å². The van der Waals surface area contributed by atoms with Gasteiger partial charge in [-0.05, 0) is 37.6 Å². The predicted molar refractivity (Wildman–Crippen MR) is 99.5 cm³/mol. The number of rotatable bonds is 7. The Morgan fingerprint density at radius 1 is 1.30 bits per heavy atom. The van der Waals surface area contributed by atoms with Crippen LogP contribution in [0.4, 0.5) is 5.69 Å². The molecular weight excluding hydrogens is 310 g/mol. The number of nitrogens with zero attached hydrogens (tertiary/aromatic N) is 3. The van der Waals surface area contributed by atoms with Gasteiger partial charge >= 0.3 is 0 Å². The molecule has 1 heterocycles. The van der Waals surface area contributed by atoms with Gasteiger partial charge < -0.3 is 16.0 Å². The summed E-state index contributed by atoms with van der Waals surface area (Å²) in [5.74, 6) is 0.567. The van der Waals surface area contributed by atoms with E-state index < -0.39 is 0 Å². The van der Waals surface area contributed by atoms with E-state index in [1.807, 2.05) is 18.2 Å². The number of benzene rings is 1. The second-order valence-electron chi connectivity index (χ2n) is 5.86. The van der Waals surface area contributed by atoms with Gasteiger partial charge in [0.1, 0.15) is 0 Å². The maximum atomic E-state index is 6.07. The van der Waals surface area contributed by atoms with Gasteiger partial charge in [0.2, 0.25) is 0 Å². The van der Waals surface area contributed by atoms with Gasteiger partial charge in [0, 0.05) is 50.0 Å². The highest BCUT2D eigenvalue weighted by molar-refractivity contribution is 6.30. The molecule has 23 heavy (non-hydrogen) atoms. The van der Waals surface area contributed by atoms with Crippen LogP contribution in [-0.4, -0.2) is 56.7 Å². The van der Waals surface area contributed by atoms with Gasteiger partial charge in [-0.3, -0.25) is 9.89 Å². The molecule has 1 aliphatic heterocycles. The lowest BCUT2D eigenvalue weighted by atomic mass is 10.2. The first-order valence-electron chi connectivity index (χ1n) is 8.45. The molecule has 0 atom stereocenters. The fraction of sp³-hybridized carbons (Fsp3) is 0.588. The normalized spacial score (nSPS) is 16.6. The quantitative estimate of drug-likeness (QED) is 0.455. The maximum Gasteiger partial charge on any atom is 0.188 e.